The number of aliphatic hydroxyl groups is 2. The largest absolute Gasteiger partial charge is 0.394 e. The lowest BCUT2D eigenvalue weighted by molar-refractivity contribution is -0.127. The second-order valence-electron chi connectivity index (χ2n) is 14.1. The van der Waals surface area contributed by atoms with Crippen LogP contribution < -0.4 is 16.0 Å². The molecule has 4 aromatic carbocycles. The van der Waals surface area contributed by atoms with E-state index in [0.717, 1.165) is 39.1 Å². The zero-order valence-electron chi connectivity index (χ0n) is 30.3. The summed E-state index contributed by atoms with van der Waals surface area (Å²) in [5.74, 6) is 1.28. The maximum atomic E-state index is 14.3. The lowest BCUT2D eigenvalue weighted by Gasteiger charge is -2.27. The Morgan fingerprint density at radius 3 is 1.80 bits per heavy atom. The highest BCUT2D eigenvalue weighted by Crippen LogP contribution is 2.27. The van der Waals surface area contributed by atoms with Gasteiger partial charge in [-0.25, -0.2) is 0 Å². The lowest BCUT2D eigenvalue weighted by Crippen LogP contribution is -2.51. The van der Waals surface area contributed by atoms with Crippen LogP contribution in [-0.4, -0.2) is 65.2 Å². The van der Waals surface area contributed by atoms with E-state index in [4.69, 9.17) is 6.42 Å². The Labute approximate surface area is 302 Å². The Morgan fingerprint density at radius 1 is 0.765 bits per heavy atom. The molecule has 0 saturated heterocycles. The van der Waals surface area contributed by atoms with Crippen LogP contribution in [0.2, 0.25) is 0 Å². The fourth-order valence-electron chi connectivity index (χ4n) is 6.75. The van der Waals surface area contributed by atoms with Gasteiger partial charge in [0, 0.05) is 5.92 Å². The van der Waals surface area contributed by atoms with Gasteiger partial charge in [0.05, 0.1) is 37.8 Å². The zero-order valence-corrected chi connectivity index (χ0v) is 30.3. The van der Waals surface area contributed by atoms with Gasteiger partial charge in [-0.1, -0.05) is 125 Å². The predicted molar refractivity (Wildman–Crippen MR) is 205 cm³/mol. The SMILES string of the molecule is C#CC(NCC(=O)NC(CC(C)C)C(O)CC(=O)N[C@H](CO)C(C)CC)C(=O)C(Cc1cccc2ccccc12)Cc1cccc2ccccc12. The van der Waals surface area contributed by atoms with E-state index >= 15 is 0 Å². The number of carbonyl (C=O) groups is 3. The predicted octanol–water partition coefficient (Wildman–Crippen LogP) is 5.36. The first-order chi connectivity index (χ1) is 24.5. The van der Waals surface area contributed by atoms with E-state index in [1.807, 2.05) is 76.2 Å². The van der Waals surface area contributed by atoms with E-state index in [2.05, 4.69) is 58.3 Å². The molecule has 0 aromatic heterocycles. The maximum absolute atomic E-state index is 14.3. The van der Waals surface area contributed by atoms with Crippen LogP contribution in [0.5, 0.6) is 0 Å². The number of Topliss-reactive ketones (excluding diaryl/α,β-unsaturated/α-hetero) is 1. The third-order valence-electron chi connectivity index (χ3n) is 9.82. The summed E-state index contributed by atoms with van der Waals surface area (Å²) in [6.07, 6.45) is 6.72. The number of terminal acetylenes is 1. The summed E-state index contributed by atoms with van der Waals surface area (Å²) in [5.41, 5.74) is 2.09. The van der Waals surface area contributed by atoms with Crippen molar-refractivity contribution < 1.29 is 24.6 Å². The highest BCUT2D eigenvalue weighted by atomic mass is 16.3. The van der Waals surface area contributed by atoms with Crippen molar-refractivity contribution in [3.8, 4) is 12.3 Å². The molecule has 0 spiro atoms. The molecular weight excluding hydrogens is 638 g/mol. The highest BCUT2D eigenvalue weighted by Gasteiger charge is 2.30. The van der Waals surface area contributed by atoms with Crippen molar-refractivity contribution in [3.05, 3.63) is 96.1 Å². The molecule has 5 N–H and O–H groups in total. The highest BCUT2D eigenvalue weighted by molar-refractivity contribution is 5.93. The van der Waals surface area contributed by atoms with Crippen molar-refractivity contribution in [3.63, 3.8) is 0 Å². The fraction of sp³-hybridized carbons (Fsp3) is 0.419. The molecule has 0 radical (unpaired) electrons. The van der Waals surface area contributed by atoms with Crippen LogP contribution in [0.15, 0.2) is 84.9 Å². The van der Waals surface area contributed by atoms with Crippen LogP contribution in [0.1, 0.15) is 58.1 Å². The number of nitrogens with one attached hydrogen (secondary N) is 3. The van der Waals surface area contributed by atoms with Crippen LogP contribution in [0.4, 0.5) is 0 Å². The average Bonchev–Trinajstić information content (AvgIpc) is 3.13. The lowest BCUT2D eigenvalue weighted by atomic mass is 9.84. The first-order valence-corrected chi connectivity index (χ1v) is 18.1. The molecule has 0 heterocycles. The standard InChI is InChI=1S/C43H53N3O5/c1-6-29(5)39(27-47)46-41(49)25-40(48)38(22-28(3)4)45-42(50)26-44-37(7-2)43(51)34(23-32-18-12-16-30-14-8-10-20-35(30)32)24-33-19-13-17-31-15-9-11-21-36(31)33/h2,8-21,28-29,34,37-40,44,47-48H,6,22-27H2,1,3-5H3,(H,45,50)(H,46,49)/t29?,37?,38?,39-,40?/m1/s1. The Bertz CT molecular complexity index is 1720. The number of ketones is 1. The number of amides is 2. The summed E-state index contributed by atoms with van der Waals surface area (Å²) in [6, 6.07) is 26.3. The maximum Gasteiger partial charge on any atom is 0.234 e. The molecule has 0 saturated carbocycles. The molecule has 4 aromatic rings. The van der Waals surface area contributed by atoms with Gasteiger partial charge in [0.1, 0.15) is 6.04 Å². The number of rotatable bonds is 19. The van der Waals surface area contributed by atoms with Crippen LogP contribution in [0.25, 0.3) is 21.5 Å². The second-order valence-corrected chi connectivity index (χ2v) is 14.1. The van der Waals surface area contributed by atoms with Crippen molar-refractivity contribution in [1.29, 1.82) is 0 Å². The van der Waals surface area contributed by atoms with Gasteiger partial charge in [-0.15, -0.1) is 6.42 Å². The fourth-order valence-corrected chi connectivity index (χ4v) is 6.75. The third-order valence-corrected chi connectivity index (χ3v) is 9.82. The molecule has 4 rings (SSSR count). The monoisotopic (exact) mass is 691 g/mol. The van der Waals surface area contributed by atoms with E-state index in [1.165, 1.54) is 0 Å². The topological polar surface area (TPSA) is 128 Å². The molecule has 8 heteroatoms. The summed E-state index contributed by atoms with van der Waals surface area (Å²) in [6.45, 7) is 7.40. The quantitative estimate of drug-likeness (QED) is 0.0844. The van der Waals surface area contributed by atoms with Crippen LogP contribution >= 0.6 is 0 Å². The Balaban J connectivity index is 1.48. The summed E-state index contributed by atoms with van der Waals surface area (Å²) in [5, 5.41) is 33.7. The molecule has 8 nitrogen and oxygen atoms in total. The van der Waals surface area contributed by atoms with E-state index in [1.54, 1.807) is 0 Å². The molecule has 0 fully saturated rings. The minimum absolute atomic E-state index is 0.0683. The van der Waals surface area contributed by atoms with E-state index in [0.29, 0.717) is 19.3 Å². The molecule has 4 unspecified atom stereocenters. The van der Waals surface area contributed by atoms with Gasteiger partial charge in [0.25, 0.3) is 0 Å². The molecular formula is C43H53N3O5. The van der Waals surface area contributed by atoms with Crippen molar-refractivity contribution in [1.82, 2.24) is 16.0 Å². The summed E-state index contributed by atoms with van der Waals surface area (Å²) in [4.78, 5) is 40.3. The van der Waals surface area contributed by atoms with Gasteiger partial charge in [-0.2, -0.15) is 0 Å². The number of carbonyl (C=O) groups excluding carboxylic acids is 3. The molecule has 270 valence electrons. The van der Waals surface area contributed by atoms with Crippen molar-refractivity contribution >= 4 is 39.1 Å². The van der Waals surface area contributed by atoms with Crippen LogP contribution in [0.3, 0.4) is 0 Å². The van der Waals surface area contributed by atoms with Crippen molar-refractivity contribution in [2.75, 3.05) is 13.2 Å². The molecule has 0 aliphatic carbocycles. The number of fused-ring (bicyclic) bond motifs is 2. The molecule has 51 heavy (non-hydrogen) atoms. The van der Waals surface area contributed by atoms with Crippen molar-refractivity contribution in [2.24, 2.45) is 17.8 Å². The molecule has 0 aliphatic heterocycles. The zero-order chi connectivity index (χ0) is 36.9. The molecule has 0 bridgehead atoms. The van der Waals surface area contributed by atoms with Crippen LogP contribution in [0, 0.1) is 30.1 Å². The van der Waals surface area contributed by atoms with Gasteiger partial charge in [0.15, 0.2) is 5.78 Å². The first kappa shape index (κ1) is 39.2. The summed E-state index contributed by atoms with van der Waals surface area (Å²) < 4.78 is 0. The smallest absolute Gasteiger partial charge is 0.234 e. The van der Waals surface area contributed by atoms with Gasteiger partial charge in [-0.3, -0.25) is 19.7 Å². The van der Waals surface area contributed by atoms with E-state index in [-0.39, 0.29) is 37.2 Å². The Morgan fingerprint density at radius 2 is 1.29 bits per heavy atom. The van der Waals surface area contributed by atoms with Gasteiger partial charge in [0.2, 0.25) is 11.8 Å². The Kier molecular flexibility index (Phi) is 14.7. The third kappa shape index (κ3) is 11.0. The minimum Gasteiger partial charge on any atom is -0.394 e. The number of hydrogen-bond donors (Lipinski definition) is 5. The van der Waals surface area contributed by atoms with E-state index < -0.39 is 42.0 Å². The number of aliphatic hydroxyl groups excluding tert-OH is 2. The van der Waals surface area contributed by atoms with Gasteiger partial charge in [-0.05, 0) is 63.8 Å². The van der Waals surface area contributed by atoms with Gasteiger partial charge >= 0.3 is 0 Å². The molecule has 5 atom stereocenters. The molecule has 0 aliphatic rings. The normalized spacial score (nSPS) is 14.5. The number of hydrogen-bond acceptors (Lipinski definition) is 6. The summed E-state index contributed by atoms with van der Waals surface area (Å²) in [7, 11) is 0. The number of benzene rings is 4. The van der Waals surface area contributed by atoms with E-state index in [9.17, 15) is 24.6 Å². The summed E-state index contributed by atoms with van der Waals surface area (Å²) >= 11 is 0. The first-order valence-electron chi connectivity index (χ1n) is 18.1. The minimum atomic E-state index is -1.15. The Hall–Kier alpha value is -4.55. The van der Waals surface area contributed by atoms with Crippen molar-refractivity contribution in [2.45, 2.75) is 84.0 Å². The van der Waals surface area contributed by atoms with Gasteiger partial charge < -0.3 is 20.8 Å². The average molecular weight is 692 g/mol. The molecule has 2 amide bonds. The second kappa shape index (κ2) is 19.2. The van der Waals surface area contributed by atoms with Crippen LogP contribution in [-0.2, 0) is 27.2 Å².